The number of hydrazine groups is 1. The van der Waals surface area contributed by atoms with Gasteiger partial charge in [-0.1, -0.05) is 24.3 Å². The van der Waals surface area contributed by atoms with Crippen molar-refractivity contribution in [1.82, 2.24) is 5.43 Å². The Balaban J connectivity index is 2.78. The summed E-state index contributed by atoms with van der Waals surface area (Å²) >= 11 is 0. The molecule has 84 valence electrons. The van der Waals surface area contributed by atoms with Gasteiger partial charge in [0.05, 0.1) is 6.42 Å². The minimum Gasteiger partial charge on any atom is -0.481 e. The van der Waals surface area contributed by atoms with Crippen LogP contribution < -0.4 is 11.3 Å². The van der Waals surface area contributed by atoms with Gasteiger partial charge in [0.2, 0.25) is 0 Å². The standard InChI is InChI=1S/C11H12N2O3/c12-13-11(16)9-5-1-3-8(7-9)4-2-6-10(14)15/h1-5,7H,6,12H2,(H,13,16)(H,14,15). The van der Waals surface area contributed by atoms with Crippen LogP contribution in [-0.2, 0) is 4.79 Å². The molecule has 1 rings (SSSR count). The van der Waals surface area contributed by atoms with Crippen LogP contribution in [-0.4, -0.2) is 17.0 Å². The summed E-state index contributed by atoms with van der Waals surface area (Å²) in [4.78, 5) is 21.5. The first-order chi connectivity index (χ1) is 7.63. The van der Waals surface area contributed by atoms with Gasteiger partial charge >= 0.3 is 5.97 Å². The maximum absolute atomic E-state index is 11.2. The largest absolute Gasteiger partial charge is 0.481 e. The van der Waals surface area contributed by atoms with E-state index in [2.05, 4.69) is 0 Å². The molecule has 5 heteroatoms. The van der Waals surface area contributed by atoms with E-state index in [1.54, 1.807) is 30.3 Å². The van der Waals surface area contributed by atoms with E-state index in [1.165, 1.54) is 6.08 Å². The highest BCUT2D eigenvalue weighted by Crippen LogP contribution is 2.07. The molecular formula is C11H12N2O3. The van der Waals surface area contributed by atoms with E-state index in [-0.39, 0.29) is 12.3 Å². The molecule has 0 aliphatic rings. The summed E-state index contributed by atoms with van der Waals surface area (Å²) in [5, 5.41) is 8.44. The lowest BCUT2D eigenvalue weighted by Gasteiger charge is -2.00. The van der Waals surface area contributed by atoms with Gasteiger partial charge in [-0.25, -0.2) is 5.84 Å². The van der Waals surface area contributed by atoms with Crippen molar-refractivity contribution in [2.24, 2.45) is 5.84 Å². The summed E-state index contributed by atoms with van der Waals surface area (Å²) < 4.78 is 0. The van der Waals surface area contributed by atoms with Gasteiger partial charge in [-0.2, -0.15) is 0 Å². The molecule has 5 nitrogen and oxygen atoms in total. The summed E-state index contributed by atoms with van der Waals surface area (Å²) in [6, 6.07) is 6.72. The van der Waals surface area contributed by atoms with E-state index < -0.39 is 5.97 Å². The Bertz CT molecular complexity index is 427. The minimum atomic E-state index is -0.896. The van der Waals surface area contributed by atoms with Gasteiger partial charge in [0, 0.05) is 5.56 Å². The lowest BCUT2D eigenvalue weighted by atomic mass is 10.1. The zero-order valence-electron chi connectivity index (χ0n) is 8.51. The molecule has 0 heterocycles. The van der Waals surface area contributed by atoms with Gasteiger partial charge in [-0.05, 0) is 17.7 Å². The molecule has 4 N–H and O–H groups in total. The second-order valence-corrected chi connectivity index (χ2v) is 3.10. The maximum atomic E-state index is 11.2. The lowest BCUT2D eigenvalue weighted by molar-refractivity contribution is -0.135. The van der Waals surface area contributed by atoms with Crippen LogP contribution in [0.2, 0.25) is 0 Å². The highest BCUT2D eigenvalue weighted by Gasteiger charge is 2.02. The molecule has 0 spiro atoms. The zero-order valence-corrected chi connectivity index (χ0v) is 8.51. The van der Waals surface area contributed by atoms with E-state index in [1.807, 2.05) is 5.43 Å². The van der Waals surface area contributed by atoms with Gasteiger partial charge in [-0.3, -0.25) is 15.0 Å². The lowest BCUT2D eigenvalue weighted by Crippen LogP contribution is -2.29. The van der Waals surface area contributed by atoms with Crippen molar-refractivity contribution in [3.8, 4) is 0 Å². The van der Waals surface area contributed by atoms with Crippen LogP contribution in [0.1, 0.15) is 22.3 Å². The molecule has 0 unspecified atom stereocenters. The molecular weight excluding hydrogens is 208 g/mol. The average Bonchev–Trinajstić information content (AvgIpc) is 2.28. The number of nitrogens with two attached hydrogens (primary N) is 1. The number of carboxylic acid groups (broad SMARTS) is 1. The Morgan fingerprint density at radius 1 is 1.44 bits per heavy atom. The molecule has 16 heavy (non-hydrogen) atoms. The van der Waals surface area contributed by atoms with Crippen molar-refractivity contribution >= 4 is 18.0 Å². The Labute approximate surface area is 92.5 Å². The first-order valence-electron chi connectivity index (χ1n) is 4.63. The fourth-order valence-electron chi connectivity index (χ4n) is 1.16. The molecule has 0 fully saturated rings. The maximum Gasteiger partial charge on any atom is 0.307 e. The number of hydrogen-bond donors (Lipinski definition) is 3. The van der Waals surface area contributed by atoms with E-state index in [0.717, 1.165) is 5.56 Å². The number of carboxylic acids is 1. The minimum absolute atomic E-state index is 0.0483. The molecule has 1 amide bonds. The van der Waals surface area contributed by atoms with Gasteiger partial charge in [0.25, 0.3) is 5.91 Å². The van der Waals surface area contributed by atoms with Crippen LogP contribution in [0.15, 0.2) is 30.3 Å². The Kier molecular flexibility index (Phi) is 4.23. The molecule has 0 aliphatic carbocycles. The van der Waals surface area contributed by atoms with Crippen molar-refractivity contribution in [3.05, 3.63) is 41.5 Å². The summed E-state index contributed by atoms with van der Waals surface area (Å²) in [5.74, 6) is 3.72. The number of nitrogens with one attached hydrogen (secondary N) is 1. The van der Waals surface area contributed by atoms with Gasteiger partial charge < -0.3 is 5.11 Å². The summed E-state index contributed by atoms with van der Waals surface area (Å²) in [7, 11) is 0. The van der Waals surface area contributed by atoms with Crippen molar-refractivity contribution < 1.29 is 14.7 Å². The number of nitrogen functional groups attached to an aromatic ring is 1. The SMILES string of the molecule is NNC(=O)c1cccc(C=CCC(=O)O)c1. The zero-order chi connectivity index (χ0) is 12.0. The third-order valence-corrected chi connectivity index (χ3v) is 1.88. The van der Waals surface area contributed by atoms with E-state index in [9.17, 15) is 9.59 Å². The molecule has 0 atom stereocenters. The molecule has 0 saturated carbocycles. The fourth-order valence-corrected chi connectivity index (χ4v) is 1.16. The molecule has 0 saturated heterocycles. The molecule has 0 radical (unpaired) electrons. The summed E-state index contributed by atoms with van der Waals surface area (Å²) in [6.07, 6.45) is 3.11. The number of aliphatic carboxylic acids is 1. The number of hydrogen-bond acceptors (Lipinski definition) is 3. The smallest absolute Gasteiger partial charge is 0.307 e. The monoisotopic (exact) mass is 220 g/mol. The van der Waals surface area contributed by atoms with E-state index >= 15 is 0 Å². The molecule has 1 aromatic rings. The van der Waals surface area contributed by atoms with Crippen molar-refractivity contribution in [1.29, 1.82) is 0 Å². The van der Waals surface area contributed by atoms with Crippen LogP contribution in [0.4, 0.5) is 0 Å². The summed E-state index contributed by atoms with van der Waals surface area (Å²) in [6.45, 7) is 0. The van der Waals surface area contributed by atoms with Crippen LogP contribution in [0, 0.1) is 0 Å². The molecule has 1 aromatic carbocycles. The number of benzene rings is 1. The van der Waals surface area contributed by atoms with Crippen molar-refractivity contribution in [2.45, 2.75) is 6.42 Å². The molecule has 0 bridgehead atoms. The Hall–Kier alpha value is -2.14. The second kappa shape index (κ2) is 5.67. The number of carbonyl (C=O) groups is 2. The van der Waals surface area contributed by atoms with Gasteiger partial charge in [-0.15, -0.1) is 0 Å². The first-order valence-corrected chi connectivity index (χ1v) is 4.63. The predicted octanol–water partition coefficient (Wildman–Crippen LogP) is 0.778. The third kappa shape index (κ3) is 3.55. The fraction of sp³-hybridized carbons (Fsp3) is 0.0909. The van der Waals surface area contributed by atoms with Crippen molar-refractivity contribution in [3.63, 3.8) is 0 Å². The topological polar surface area (TPSA) is 92.4 Å². The molecule has 0 aliphatic heterocycles. The van der Waals surface area contributed by atoms with Gasteiger partial charge in [0.15, 0.2) is 0 Å². The first kappa shape index (κ1) is 11.9. The van der Waals surface area contributed by atoms with E-state index in [0.29, 0.717) is 5.56 Å². The van der Waals surface area contributed by atoms with Crippen LogP contribution in [0.25, 0.3) is 6.08 Å². The average molecular weight is 220 g/mol. The third-order valence-electron chi connectivity index (χ3n) is 1.88. The second-order valence-electron chi connectivity index (χ2n) is 3.10. The quantitative estimate of drug-likeness (QED) is 0.397. The predicted molar refractivity (Wildman–Crippen MR) is 59.4 cm³/mol. The Morgan fingerprint density at radius 3 is 2.81 bits per heavy atom. The highest BCUT2D eigenvalue weighted by atomic mass is 16.4. The van der Waals surface area contributed by atoms with E-state index in [4.69, 9.17) is 10.9 Å². The number of carbonyl (C=O) groups excluding carboxylic acids is 1. The number of amides is 1. The van der Waals surface area contributed by atoms with Crippen LogP contribution >= 0.6 is 0 Å². The number of rotatable bonds is 4. The van der Waals surface area contributed by atoms with Crippen LogP contribution in [0.3, 0.4) is 0 Å². The Morgan fingerprint density at radius 2 is 2.19 bits per heavy atom. The van der Waals surface area contributed by atoms with Crippen LogP contribution in [0.5, 0.6) is 0 Å². The highest BCUT2D eigenvalue weighted by molar-refractivity contribution is 5.94. The van der Waals surface area contributed by atoms with Crippen molar-refractivity contribution in [2.75, 3.05) is 0 Å². The summed E-state index contributed by atoms with van der Waals surface area (Å²) in [5.41, 5.74) is 3.21. The molecule has 0 aromatic heterocycles. The van der Waals surface area contributed by atoms with Gasteiger partial charge in [0.1, 0.15) is 0 Å². The normalized spacial score (nSPS) is 10.3.